The number of morpholine rings is 1. The molecule has 0 radical (unpaired) electrons. The van der Waals surface area contributed by atoms with E-state index in [1.807, 2.05) is 7.05 Å². The molecule has 6 heteroatoms. The normalized spacial score (nSPS) is 16.7. The molecule has 1 aromatic heterocycles. The number of hydrogen-bond donors (Lipinski definition) is 3. The molecule has 0 unspecified atom stereocenters. The van der Waals surface area contributed by atoms with Crippen LogP contribution in [-0.4, -0.2) is 67.8 Å². The van der Waals surface area contributed by atoms with Crippen LogP contribution in [0.5, 0.6) is 0 Å². The molecule has 1 fully saturated rings. The van der Waals surface area contributed by atoms with Crippen LogP contribution >= 0.6 is 0 Å². The summed E-state index contributed by atoms with van der Waals surface area (Å²) >= 11 is 0. The molecule has 0 atom stereocenters. The first-order valence-electron chi connectivity index (χ1n) is 9.84. The number of fused-ring (bicyclic) bond motifs is 1. The van der Waals surface area contributed by atoms with E-state index in [-0.39, 0.29) is 5.54 Å². The second-order valence-electron chi connectivity index (χ2n) is 7.83. The maximum atomic E-state index is 5.47. The standard InChI is InChI=1S/C21H33N5O/c1-16-6-5-7-18-19(16)17(14-24-18)8-9-23-20(22-4)25-15-21(2,3)26-10-12-27-13-11-26/h5-7,14,24H,8-13,15H2,1-4H3,(H2,22,23,25). The highest BCUT2D eigenvalue weighted by molar-refractivity contribution is 5.86. The van der Waals surface area contributed by atoms with Gasteiger partial charge in [0.25, 0.3) is 0 Å². The molecule has 2 heterocycles. The summed E-state index contributed by atoms with van der Waals surface area (Å²) in [5, 5.41) is 8.28. The van der Waals surface area contributed by atoms with Gasteiger partial charge in [0, 0.05) is 55.9 Å². The van der Waals surface area contributed by atoms with Gasteiger partial charge in [0.1, 0.15) is 0 Å². The molecule has 6 nitrogen and oxygen atoms in total. The zero-order chi connectivity index (χ0) is 19.3. The van der Waals surface area contributed by atoms with Gasteiger partial charge in [0.05, 0.1) is 13.2 Å². The number of H-pyrrole nitrogens is 1. The zero-order valence-electron chi connectivity index (χ0n) is 17.1. The van der Waals surface area contributed by atoms with Crippen LogP contribution in [0.1, 0.15) is 25.0 Å². The van der Waals surface area contributed by atoms with E-state index in [2.05, 4.69) is 70.7 Å². The van der Waals surface area contributed by atoms with Crippen molar-refractivity contribution in [2.75, 3.05) is 46.4 Å². The number of aromatic amines is 1. The third-order valence-electron chi connectivity index (χ3n) is 5.46. The van der Waals surface area contributed by atoms with E-state index in [1.54, 1.807) is 0 Å². The van der Waals surface area contributed by atoms with E-state index in [4.69, 9.17) is 4.74 Å². The summed E-state index contributed by atoms with van der Waals surface area (Å²) in [4.78, 5) is 10.2. The van der Waals surface area contributed by atoms with Gasteiger partial charge < -0.3 is 20.4 Å². The molecule has 1 saturated heterocycles. The predicted molar refractivity (Wildman–Crippen MR) is 113 cm³/mol. The molecule has 0 spiro atoms. The van der Waals surface area contributed by atoms with Crippen LogP contribution in [0, 0.1) is 6.92 Å². The fourth-order valence-corrected chi connectivity index (χ4v) is 3.77. The number of aromatic nitrogens is 1. The van der Waals surface area contributed by atoms with Crippen LogP contribution in [0.3, 0.4) is 0 Å². The average molecular weight is 372 g/mol. The molecule has 148 valence electrons. The highest BCUT2D eigenvalue weighted by Gasteiger charge is 2.28. The van der Waals surface area contributed by atoms with Gasteiger partial charge in [0.15, 0.2) is 5.96 Å². The van der Waals surface area contributed by atoms with E-state index in [0.717, 1.165) is 51.8 Å². The van der Waals surface area contributed by atoms with Crippen molar-refractivity contribution in [2.45, 2.75) is 32.7 Å². The molecule has 1 aromatic carbocycles. The number of nitrogens with one attached hydrogen (secondary N) is 3. The molecule has 0 amide bonds. The van der Waals surface area contributed by atoms with Gasteiger partial charge >= 0.3 is 0 Å². The van der Waals surface area contributed by atoms with Crippen molar-refractivity contribution in [1.82, 2.24) is 20.5 Å². The maximum Gasteiger partial charge on any atom is 0.191 e. The second kappa shape index (κ2) is 8.76. The van der Waals surface area contributed by atoms with Gasteiger partial charge in [-0.3, -0.25) is 9.89 Å². The van der Waals surface area contributed by atoms with Crippen molar-refractivity contribution in [3.05, 3.63) is 35.5 Å². The smallest absolute Gasteiger partial charge is 0.191 e. The number of guanidine groups is 1. The first-order valence-corrected chi connectivity index (χ1v) is 9.84. The zero-order valence-corrected chi connectivity index (χ0v) is 17.1. The van der Waals surface area contributed by atoms with E-state index >= 15 is 0 Å². The summed E-state index contributed by atoms with van der Waals surface area (Å²) in [6.45, 7) is 12.0. The maximum absolute atomic E-state index is 5.47. The second-order valence-corrected chi connectivity index (χ2v) is 7.83. The molecule has 27 heavy (non-hydrogen) atoms. The third-order valence-corrected chi connectivity index (χ3v) is 5.46. The third kappa shape index (κ3) is 4.82. The van der Waals surface area contributed by atoms with Gasteiger partial charge in [-0.2, -0.15) is 0 Å². The van der Waals surface area contributed by atoms with Crippen molar-refractivity contribution in [3.8, 4) is 0 Å². The van der Waals surface area contributed by atoms with Gasteiger partial charge in [-0.1, -0.05) is 12.1 Å². The number of aliphatic imine (C=N–C) groups is 1. The lowest BCUT2D eigenvalue weighted by Gasteiger charge is -2.41. The van der Waals surface area contributed by atoms with Crippen LogP contribution in [0.15, 0.2) is 29.4 Å². The SMILES string of the molecule is CN=C(NCCc1c[nH]c2cccc(C)c12)NCC(C)(C)N1CCOCC1. The van der Waals surface area contributed by atoms with E-state index < -0.39 is 0 Å². The van der Waals surface area contributed by atoms with E-state index in [1.165, 1.54) is 22.0 Å². The lowest BCUT2D eigenvalue weighted by Crippen LogP contribution is -2.56. The fourth-order valence-electron chi connectivity index (χ4n) is 3.77. The molecule has 1 aliphatic heterocycles. The Morgan fingerprint density at radius 3 is 2.78 bits per heavy atom. The van der Waals surface area contributed by atoms with Crippen molar-refractivity contribution >= 4 is 16.9 Å². The Balaban J connectivity index is 1.50. The number of ether oxygens (including phenoxy) is 1. The van der Waals surface area contributed by atoms with Gasteiger partial charge in [-0.25, -0.2) is 0 Å². The Kier molecular flexibility index (Phi) is 6.39. The van der Waals surface area contributed by atoms with Gasteiger partial charge in [-0.15, -0.1) is 0 Å². The van der Waals surface area contributed by atoms with Crippen LogP contribution in [0.25, 0.3) is 10.9 Å². The predicted octanol–water partition coefficient (Wildman–Crippen LogP) is 2.29. The number of benzene rings is 1. The summed E-state index contributed by atoms with van der Waals surface area (Å²) in [6, 6.07) is 6.40. The highest BCUT2D eigenvalue weighted by atomic mass is 16.5. The summed E-state index contributed by atoms with van der Waals surface area (Å²) in [6.07, 6.45) is 3.08. The molecular formula is C21H33N5O. The molecule has 0 bridgehead atoms. The van der Waals surface area contributed by atoms with Crippen LogP contribution in [-0.2, 0) is 11.2 Å². The number of aryl methyl sites for hydroxylation is 1. The Morgan fingerprint density at radius 1 is 1.26 bits per heavy atom. The molecule has 1 aliphatic rings. The lowest BCUT2D eigenvalue weighted by molar-refractivity contribution is -0.00833. The van der Waals surface area contributed by atoms with Crippen molar-refractivity contribution < 1.29 is 4.74 Å². The molecule has 2 aromatic rings. The topological polar surface area (TPSA) is 64.7 Å². The fraction of sp³-hybridized carbons (Fsp3) is 0.571. The molecule has 0 aliphatic carbocycles. The Bertz CT molecular complexity index is 774. The summed E-state index contributed by atoms with van der Waals surface area (Å²) < 4.78 is 5.47. The number of nitrogens with zero attached hydrogens (tertiary/aromatic N) is 2. The number of hydrogen-bond acceptors (Lipinski definition) is 3. The molecule has 3 rings (SSSR count). The van der Waals surface area contributed by atoms with Crippen LogP contribution in [0.2, 0.25) is 0 Å². The first-order chi connectivity index (χ1) is 13.0. The van der Waals surface area contributed by atoms with Crippen LogP contribution in [0.4, 0.5) is 0 Å². The molecule has 3 N–H and O–H groups in total. The minimum absolute atomic E-state index is 0.0648. The number of rotatable bonds is 6. The summed E-state index contributed by atoms with van der Waals surface area (Å²) in [5.74, 6) is 0.855. The summed E-state index contributed by atoms with van der Waals surface area (Å²) in [7, 11) is 1.83. The van der Waals surface area contributed by atoms with Gasteiger partial charge in [0.2, 0.25) is 0 Å². The molecule has 0 saturated carbocycles. The lowest BCUT2D eigenvalue weighted by atomic mass is 10.0. The first kappa shape index (κ1) is 19.7. The Labute approximate surface area is 162 Å². The highest BCUT2D eigenvalue weighted by Crippen LogP contribution is 2.22. The minimum Gasteiger partial charge on any atom is -0.379 e. The largest absolute Gasteiger partial charge is 0.379 e. The average Bonchev–Trinajstić information content (AvgIpc) is 3.09. The van der Waals surface area contributed by atoms with Gasteiger partial charge in [-0.05, 0) is 44.4 Å². The van der Waals surface area contributed by atoms with Crippen LogP contribution < -0.4 is 10.6 Å². The van der Waals surface area contributed by atoms with E-state index in [0.29, 0.717) is 0 Å². The van der Waals surface area contributed by atoms with Crippen molar-refractivity contribution in [2.24, 2.45) is 4.99 Å². The Morgan fingerprint density at radius 2 is 2.04 bits per heavy atom. The van der Waals surface area contributed by atoms with E-state index in [9.17, 15) is 0 Å². The van der Waals surface area contributed by atoms with Crippen molar-refractivity contribution in [1.29, 1.82) is 0 Å². The molecular weight excluding hydrogens is 338 g/mol. The quantitative estimate of drug-likeness (QED) is 0.539. The Hall–Kier alpha value is -2.05. The summed E-state index contributed by atoms with van der Waals surface area (Å²) in [5.41, 5.74) is 3.94. The minimum atomic E-state index is 0.0648. The van der Waals surface area contributed by atoms with Crippen molar-refractivity contribution in [3.63, 3.8) is 0 Å². The monoisotopic (exact) mass is 371 g/mol.